The molecule has 0 saturated heterocycles. The van der Waals surface area contributed by atoms with E-state index in [9.17, 15) is 0 Å². The fraction of sp³-hybridized carbons (Fsp3) is 1.00. The summed E-state index contributed by atoms with van der Waals surface area (Å²) in [7, 11) is 3.82. The molecule has 5 heteroatoms. The summed E-state index contributed by atoms with van der Waals surface area (Å²) in [5.41, 5.74) is 3.98. The van der Waals surface area contributed by atoms with Crippen LogP contribution in [0.1, 0.15) is 94.9 Å². The molecule has 0 heterocycles. The van der Waals surface area contributed by atoms with Crippen molar-refractivity contribution in [2.24, 2.45) is 16.2 Å². The third-order valence-electron chi connectivity index (χ3n) is 5.19. The van der Waals surface area contributed by atoms with Crippen molar-refractivity contribution in [2.45, 2.75) is 112 Å². The fourth-order valence-electron chi connectivity index (χ4n) is 4.38. The van der Waals surface area contributed by atoms with E-state index < -0.39 is 0 Å². The van der Waals surface area contributed by atoms with Gasteiger partial charge in [-0.1, -0.05) is 75.7 Å². The van der Waals surface area contributed by atoms with E-state index >= 15 is 0 Å². The molecule has 0 N–H and O–H groups in total. The molecule has 0 aromatic rings. The summed E-state index contributed by atoms with van der Waals surface area (Å²) >= 11 is 0. The molecule has 0 aliphatic heterocycles. The zero-order valence-electron chi connectivity index (χ0n) is 18.4. The largest absolute Gasteiger partial charge is 2.00 e. The minimum atomic E-state index is 0. The molecule has 0 aromatic carbocycles. The molecule has 1 aliphatic rings. The van der Waals surface area contributed by atoms with Crippen molar-refractivity contribution >= 4 is 17.8 Å². The Kier molecular flexibility index (Phi) is 19.7. The summed E-state index contributed by atoms with van der Waals surface area (Å²) in [5, 5.41) is 0. The van der Waals surface area contributed by atoms with Gasteiger partial charge >= 0.3 is 21.7 Å². The molecular weight excluding hydrogens is 421 g/mol. The first-order valence-corrected chi connectivity index (χ1v) is 11.1. The Morgan fingerprint density at radius 1 is 0.920 bits per heavy atom. The van der Waals surface area contributed by atoms with E-state index in [1.165, 1.54) is 25.7 Å². The summed E-state index contributed by atoms with van der Waals surface area (Å²) < 4.78 is 0. The molecule has 1 fully saturated rings. The van der Waals surface area contributed by atoms with Crippen LogP contribution in [0.2, 0.25) is 0 Å². The van der Waals surface area contributed by atoms with Crippen LogP contribution in [0.25, 0.3) is 0 Å². The van der Waals surface area contributed by atoms with E-state index in [1.807, 2.05) is 0 Å². The Bertz CT molecular complexity index is 304. The third kappa shape index (κ3) is 11.7. The van der Waals surface area contributed by atoms with Gasteiger partial charge in [0.1, 0.15) is 0 Å². The average molecular weight is 465 g/mol. The molecule has 0 nitrogen and oxygen atoms in total. The van der Waals surface area contributed by atoms with Crippen LogP contribution >= 0.6 is 17.8 Å². The molecule has 3 unspecified atom stereocenters. The molecule has 0 aromatic heterocycles. The summed E-state index contributed by atoms with van der Waals surface area (Å²) in [6.07, 6.45) is 5.80. The maximum Gasteiger partial charge on any atom is 2.00 e. The topological polar surface area (TPSA) is 0 Å². The number of hydrogen-bond donors (Lipinski definition) is 0. The second-order valence-electron chi connectivity index (χ2n) is 9.94. The maximum atomic E-state index is 2.66. The smallest absolute Gasteiger partial charge is 1.00 e. The quantitative estimate of drug-likeness (QED) is 0.427. The summed E-state index contributed by atoms with van der Waals surface area (Å²) in [6, 6.07) is 0. The van der Waals surface area contributed by atoms with Gasteiger partial charge in [-0.3, -0.25) is 0 Å². The maximum absolute atomic E-state index is 2.66. The molecular formula is C20H44Cl2P2Ti. The van der Waals surface area contributed by atoms with Gasteiger partial charge in [0.25, 0.3) is 0 Å². The first-order valence-electron chi connectivity index (χ1n) is 9.24. The summed E-state index contributed by atoms with van der Waals surface area (Å²) in [5.74, 6) is 0. The minimum absolute atomic E-state index is 0. The van der Waals surface area contributed by atoms with Gasteiger partial charge in [0, 0.05) is 0 Å². The SMILES string of the molecule is CC(C)P.CC(C)PC1CCCC(C(C)(C)C)(C(C)(C)C)C1.[Cl-].[Cl-].[Ti+2]. The van der Waals surface area contributed by atoms with Crippen LogP contribution in [0.15, 0.2) is 0 Å². The van der Waals surface area contributed by atoms with E-state index in [-0.39, 0.29) is 46.5 Å². The van der Waals surface area contributed by atoms with E-state index in [0.717, 1.165) is 25.6 Å². The first-order chi connectivity index (χ1) is 9.73. The van der Waals surface area contributed by atoms with Crippen LogP contribution in [0, 0.1) is 16.2 Å². The third-order valence-corrected chi connectivity index (χ3v) is 6.82. The van der Waals surface area contributed by atoms with Crippen LogP contribution in [0.5, 0.6) is 0 Å². The van der Waals surface area contributed by atoms with Crippen molar-refractivity contribution < 1.29 is 46.5 Å². The van der Waals surface area contributed by atoms with E-state index in [0.29, 0.717) is 16.2 Å². The van der Waals surface area contributed by atoms with Gasteiger partial charge in [-0.05, 0) is 52.5 Å². The molecule has 1 aliphatic carbocycles. The Labute approximate surface area is 191 Å². The van der Waals surface area contributed by atoms with E-state index in [4.69, 9.17) is 0 Å². The minimum Gasteiger partial charge on any atom is -1.00 e. The predicted molar refractivity (Wildman–Crippen MR) is 112 cm³/mol. The van der Waals surface area contributed by atoms with Gasteiger partial charge in [0.15, 0.2) is 0 Å². The first kappa shape index (κ1) is 34.6. The Balaban J connectivity index is -0.000000285. The van der Waals surface area contributed by atoms with Crippen LogP contribution in [-0.4, -0.2) is 17.0 Å². The van der Waals surface area contributed by atoms with Crippen molar-refractivity contribution in [3.63, 3.8) is 0 Å². The zero-order chi connectivity index (χ0) is 17.8. The molecule has 0 bridgehead atoms. The number of hydrogen-bond acceptors (Lipinski definition) is 0. The van der Waals surface area contributed by atoms with Crippen molar-refractivity contribution in [2.75, 3.05) is 0 Å². The predicted octanol–water partition coefficient (Wildman–Crippen LogP) is 1.37. The van der Waals surface area contributed by atoms with Crippen molar-refractivity contribution in [3.8, 4) is 0 Å². The zero-order valence-corrected chi connectivity index (χ0v) is 23.6. The molecule has 3 atom stereocenters. The molecule has 0 radical (unpaired) electrons. The average Bonchev–Trinajstić information content (AvgIpc) is 2.24. The molecule has 0 spiro atoms. The number of rotatable bonds is 2. The summed E-state index contributed by atoms with van der Waals surface area (Å²) in [6.45, 7) is 23.9. The second-order valence-corrected chi connectivity index (χ2v) is 13.6. The molecule has 1 rings (SSSR count). The molecule has 0 amide bonds. The van der Waals surface area contributed by atoms with E-state index in [2.05, 4.69) is 78.5 Å². The van der Waals surface area contributed by atoms with Crippen molar-refractivity contribution in [3.05, 3.63) is 0 Å². The fourth-order valence-corrected chi connectivity index (χ4v) is 6.16. The van der Waals surface area contributed by atoms with Gasteiger partial charge in [-0.2, -0.15) is 0 Å². The Morgan fingerprint density at radius 3 is 1.56 bits per heavy atom. The van der Waals surface area contributed by atoms with Crippen molar-refractivity contribution in [1.82, 2.24) is 0 Å². The summed E-state index contributed by atoms with van der Waals surface area (Å²) in [4.78, 5) is 0. The van der Waals surface area contributed by atoms with E-state index in [1.54, 1.807) is 0 Å². The molecule has 25 heavy (non-hydrogen) atoms. The van der Waals surface area contributed by atoms with Gasteiger partial charge in [0.05, 0.1) is 0 Å². The van der Waals surface area contributed by atoms with Crippen molar-refractivity contribution in [1.29, 1.82) is 0 Å². The Hall–Kier alpha value is 2.15. The number of halogens is 2. The monoisotopic (exact) mass is 464 g/mol. The van der Waals surface area contributed by atoms with Gasteiger partial charge in [-0.25, -0.2) is 0 Å². The van der Waals surface area contributed by atoms with Crippen LogP contribution in [-0.2, 0) is 21.7 Å². The van der Waals surface area contributed by atoms with Crippen LogP contribution in [0.3, 0.4) is 0 Å². The molecule has 152 valence electrons. The van der Waals surface area contributed by atoms with Gasteiger partial charge in [-0.15, -0.1) is 17.8 Å². The standard InChI is InChI=1S/C17H35P.C3H9P.2ClH.Ti/c1-13(2)18-14-10-9-11-17(12-14,15(3,4)5)16(6,7)8;1-3(2)4;;;/h13-14,18H,9-12H2,1-8H3;3H,4H2,1-2H3;2*1H;/q;;;;+2/p-2. The van der Waals surface area contributed by atoms with Gasteiger partial charge in [0.2, 0.25) is 0 Å². The van der Waals surface area contributed by atoms with Crippen LogP contribution < -0.4 is 24.8 Å². The normalized spacial score (nSPS) is 20.3. The second kappa shape index (κ2) is 14.2. The van der Waals surface area contributed by atoms with Crippen LogP contribution in [0.4, 0.5) is 0 Å². The van der Waals surface area contributed by atoms with Gasteiger partial charge < -0.3 is 24.8 Å². The Morgan fingerprint density at radius 2 is 1.28 bits per heavy atom. The molecule has 1 saturated carbocycles.